The number of benzene rings is 2. The second-order valence-corrected chi connectivity index (χ2v) is 6.67. The fraction of sp³-hybridized carbons (Fsp3) is 0.350. The van der Waals surface area contributed by atoms with Crippen molar-refractivity contribution < 1.29 is 9.53 Å². The van der Waals surface area contributed by atoms with Gasteiger partial charge in [-0.15, -0.1) is 0 Å². The molecule has 24 heavy (non-hydrogen) atoms. The normalized spacial score (nSPS) is 22.0. The van der Waals surface area contributed by atoms with Crippen molar-refractivity contribution in [2.24, 2.45) is 0 Å². The van der Waals surface area contributed by atoms with E-state index in [-0.39, 0.29) is 11.9 Å². The summed E-state index contributed by atoms with van der Waals surface area (Å²) in [6.45, 7) is 0.820. The molecule has 4 nitrogen and oxygen atoms in total. The maximum atomic E-state index is 13.1. The molecule has 1 heterocycles. The van der Waals surface area contributed by atoms with Crippen LogP contribution in [0.2, 0.25) is 0 Å². The molecule has 2 aromatic carbocycles. The number of fused-ring (bicyclic) bond motifs is 3. The number of amides is 1. The van der Waals surface area contributed by atoms with E-state index in [0.717, 1.165) is 25.8 Å². The maximum Gasteiger partial charge on any atom is 0.254 e. The Morgan fingerprint density at radius 1 is 1.25 bits per heavy atom. The SMILES string of the molecule is COc1cc(C(=O)N2CCC[C@@H]3c4ccccc4C[C@@H]32)ccc1N. The minimum atomic E-state index is 0.0795. The second-order valence-electron chi connectivity index (χ2n) is 6.67. The predicted octanol–water partition coefficient (Wildman–Crippen LogP) is 3.22. The van der Waals surface area contributed by atoms with Crippen LogP contribution in [0.15, 0.2) is 42.5 Å². The van der Waals surface area contributed by atoms with Gasteiger partial charge in [-0.3, -0.25) is 4.79 Å². The van der Waals surface area contributed by atoms with Gasteiger partial charge in [0.05, 0.1) is 12.8 Å². The van der Waals surface area contributed by atoms with E-state index < -0.39 is 0 Å². The Morgan fingerprint density at radius 2 is 2.08 bits per heavy atom. The van der Waals surface area contributed by atoms with E-state index in [1.54, 1.807) is 25.3 Å². The minimum Gasteiger partial charge on any atom is -0.495 e. The monoisotopic (exact) mass is 322 g/mol. The highest BCUT2D eigenvalue weighted by Gasteiger charge is 2.40. The van der Waals surface area contributed by atoms with Crippen LogP contribution in [-0.4, -0.2) is 30.5 Å². The number of carbonyl (C=O) groups excluding carboxylic acids is 1. The average Bonchev–Trinajstić information content (AvgIpc) is 3.00. The Balaban J connectivity index is 1.64. The highest BCUT2D eigenvalue weighted by molar-refractivity contribution is 5.95. The van der Waals surface area contributed by atoms with E-state index in [1.165, 1.54) is 11.1 Å². The molecule has 0 radical (unpaired) electrons. The fourth-order valence-electron chi connectivity index (χ4n) is 4.24. The van der Waals surface area contributed by atoms with Gasteiger partial charge in [0.1, 0.15) is 5.75 Å². The number of carbonyl (C=O) groups is 1. The predicted molar refractivity (Wildman–Crippen MR) is 94.4 cm³/mol. The average molecular weight is 322 g/mol. The number of hydrogen-bond donors (Lipinski definition) is 1. The Kier molecular flexibility index (Phi) is 3.68. The molecule has 1 saturated heterocycles. The molecular formula is C20H22N2O2. The van der Waals surface area contributed by atoms with Gasteiger partial charge in [0, 0.05) is 24.1 Å². The number of methoxy groups -OCH3 is 1. The van der Waals surface area contributed by atoms with Crippen molar-refractivity contribution in [2.45, 2.75) is 31.2 Å². The van der Waals surface area contributed by atoms with Gasteiger partial charge < -0.3 is 15.4 Å². The first-order chi connectivity index (χ1) is 11.7. The summed E-state index contributed by atoms with van der Waals surface area (Å²) in [4.78, 5) is 15.2. The third-order valence-corrected chi connectivity index (χ3v) is 5.40. The highest BCUT2D eigenvalue weighted by Crippen LogP contribution is 2.42. The fourth-order valence-corrected chi connectivity index (χ4v) is 4.24. The number of nitrogens with zero attached hydrogens (tertiary/aromatic N) is 1. The van der Waals surface area contributed by atoms with Crippen molar-refractivity contribution in [1.82, 2.24) is 4.90 Å². The van der Waals surface area contributed by atoms with Gasteiger partial charge >= 0.3 is 0 Å². The lowest BCUT2D eigenvalue weighted by Crippen LogP contribution is -2.46. The number of hydrogen-bond acceptors (Lipinski definition) is 3. The first-order valence-corrected chi connectivity index (χ1v) is 8.51. The van der Waals surface area contributed by atoms with Gasteiger partial charge in [0.2, 0.25) is 0 Å². The summed E-state index contributed by atoms with van der Waals surface area (Å²) in [5.74, 6) is 1.11. The highest BCUT2D eigenvalue weighted by atomic mass is 16.5. The largest absolute Gasteiger partial charge is 0.495 e. The van der Waals surface area contributed by atoms with Gasteiger partial charge in [-0.1, -0.05) is 24.3 Å². The van der Waals surface area contributed by atoms with Crippen molar-refractivity contribution >= 4 is 11.6 Å². The third kappa shape index (κ3) is 2.33. The molecule has 1 fully saturated rings. The molecule has 0 saturated carbocycles. The molecule has 1 amide bonds. The van der Waals surface area contributed by atoms with Crippen molar-refractivity contribution in [3.63, 3.8) is 0 Å². The van der Waals surface area contributed by atoms with E-state index in [1.807, 2.05) is 0 Å². The number of piperidine rings is 1. The summed E-state index contributed by atoms with van der Waals surface area (Å²) in [5, 5.41) is 0. The van der Waals surface area contributed by atoms with Crippen LogP contribution in [0.5, 0.6) is 5.75 Å². The summed E-state index contributed by atoms with van der Waals surface area (Å²) < 4.78 is 5.26. The third-order valence-electron chi connectivity index (χ3n) is 5.40. The van der Waals surface area contributed by atoms with Crippen molar-refractivity contribution in [3.05, 3.63) is 59.2 Å². The molecule has 0 spiro atoms. The van der Waals surface area contributed by atoms with Crippen LogP contribution in [0.3, 0.4) is 0 Å². The van der Waals surface area contributed by atoms with Gasteiger partial charge in [0.25, 0.3) is 5.91 Å². The van der Waals surface area contributed by atoms with Crippen molar-refractivity contribution in [3.8, 4) is 5.75 Å². The first-order valence-electron chi connectivity index (χ1n) is 8.51. The molecular weight excluding hydrogens is 300 g/mol. The second kappa shape index (κ2) is 5.86. The summed E-state index contributed by atoms with van der Waals surface area (Å²) in [6.07, 6.45) is 3.17. The van der Waals surface area contributed by atoms with Crippen LogP contribution in [0.25, 0.3) is 0 Å². The molecule has 0 aromatic heterocycles. The lowest BCUT2D eigenvalue weighted by Gasteiger charge is -2.38. The van der Waals surface area contributed by atoms with Crippen LogP contribution >= 0.6 is 0 Å². The first kappa shape index (κ1) is 15.1. The Hall–Kier alpha value is -2.49. The van der Waals surface area contributed by atoms with E-state index >= 15 is 0 Å². The smallest absolute Gasteiger partial charge is 0.254 e. The lowest BCUT2D eigenvalue weighted by atomic mass is 9.88. The van der Waals surface area contributed by atoms with Gasteiger partial charge in [-0.05, 0) is 48.6 Å². The summed E-state index contributed by atoms with van der Waals surface area (Å²) in [5.41, 5.74) is 9.89. The zero-order chi connectivity index (χ0) is 16.7. The standard InChI is InChI=1S/C20H22N2O2/c1-24-19-12-14(8-9-17(19)21)20(23)22-10-4-7-16-15-6-3-2-5-13(15)11-18(16)22/h2-3,5-6,8-9,12,16,18H,4,7,10-11,21H2,1H3/t16-,18+/m1/s1. The number of nitrogen functional groups attached to an aromatic ring is 1. The molecule has 1 aliphatic carbocycles. The lowest BCUT2D eigenvalue weighted by molar-refractivity contribution is 0.0595. The molecule has 0 bridgehead atoms. The molecule has 2 aliphatic rings. The molecule has 4 heteroatoms. The van der Waals surface area contributed by atoms with Crippen LogP contribution < -0.4 is 10.5 Å². The number of nitrogens with two attached hydrogens (primary N) is 1. The van der Waals surface area contributed by atoms with Crippen LogP contribution in [0.1, 0.15) is 40.2 Å². The number of anilines is 1. The summed E-state index contributed by atoms with van der Waals surface area (Å²) in [6, 6.07) is 14.2. The van der Waals surface area contributed by atoms with Gasteiger partial charge in [-0.2, -0.15) is 0 Å². The number of rotatable bonds is 2. The van der Waals surface area contributed by atoms with E-state index in [4.69, 9.17) is 10.5 Å². The van der Waals surface area contributed by atoms with Crippen molar-refractivity contribution in [2.75, 3.05) is 19.4 Å². The van der Waals surface area contributed by atoms with E-state index in [9.17, 15) is 4.79 Å². The van der Waals surface area contributed by atoms with Crippen LogP contribution in [0, 0.1) is 0 Å². The summed E-state index contributed by atoms with van der Waals surface area (Å²) >= 11 is 0. The Labute approximate surface area is 142 Å². The zero-order valence-electron chi connectivity index (χ0n) is 13.9. The molecule has 0 unspecified atom stereocenters. The molecule has 124 valence electrons. The molecule has 2 N–H and O–H groups in total. The van der Waals surface area contributed by atoms with E-state index in [2.05, 4.69) is 29.2 Å². The number of ether oxygens (including phenoxy) is 1. The Bertz CT molecular complexity index is 787. The van der Waals surface area contributed by atoms with Crippen LogP contribution in [0.4, 0.5) is 5.69 Å². The van der Waals surface area contributed by atoms with E-state index in [0.29, 0.717) is 22.9 Å². The van der Waals surface area contributed by atoms with Gasteiger partial charge in [-0.25, -0.2) is 0 Å². The molecule has 4 rings (SSSR count). The maximum absolute atomic E-state index is 13.1. The molecule has 2 aromatic rings. The van der Waals surface area contributed by atoms with Crippen LogP contribution in [-0.2, 0) is 6.42 Å². The van der Waals surface area contributed by atoms with Crippen molar-refractivity contribution in [1.29, 1.82) is 0 Å². The molecule has 2 atom stereocenters. The quantitative estimate of drug-likeness (QED) is 0.864. The zero-order valence-corrected chi connectivity index (χ0v) is 13.9. The van der Waals surface area contributed by atoms with Gasteiger partial charge in [0.15, 0.2) is 0 Å². The number of likely N-dealkylation sites (tertiary alicyclic amines) is 1. The molecule has 1 aliphatic heterocycles. The summed E-state index contributed by atoms with van der Waals surface area (Å²) in [7, 11) is 1.57. The topological polar surface area (TPSA) is 55.6 Å². The Morgan fingerprint density at radius 3 is 2.92 bits per heavy atom. The minimum absolute atomic E-state index is 0.0795.